The largest absolute Gasteiger partial charge is 0.366 e. The maximum Gasteiger partial charge on any atom is 0.248 e. The summed E-state index contributed by atoms with van der Waals surface area (Å²) in [5.74, 6) is -0.383. The van der Waals surface area contributed by atoms with E-state index in [9.17, 15) is 4.79 Å². The van der Waals surface area contributed by atoms with Crippen molar-refractivity contribution in [2.45, 2.75) is 13.3 Å². The van der Waals surface area contributed by atoms with Crippen LogP contribution in [-0.4, -0.2) is 5.91 Å². The molecule has 0 saturated heterocycles. The van der Waals surface area contributed by atoms with Crippen LogP contribution in [0.15, 0.2) is 30.3 Å². The van der Waals surface area contributed by atoms with E-state index >= 15 is 0 Å². The van der Waals surface area contributed by atoms with E-state index in [0.717, 1.165) is 12.0 Å². The molecule has 0 aliphatic carbocycles. The Morgan fingerprint density at radius 1 is 1.54 bits per heavy atom. The van der Waals surface area contributed by atoms with Crippen LogP contribution in [-0.2, 0) is 0 Å². The number of carbonyl (C=O) groups is 1. The third-order valence-electron chi connectivity index (χ3n) is 1.72. The third kappa shape index (κ3) is 2.75. The number of nitrogens with two attached hydrogens (primary N) is 1. The molecular formula is C11H13NO. The zero-order valence-electron chi connectivity index (χ0n) is 7.66. The van der Waals surface area contributed by atoms with Crippen LogP contribution in [0.1, 0.15) is 29.3 Å². The maximum absolute atomic E-state index is 10.8. The second kappa shape index (κ2) is 4.45. The smallest absolute Gasteiger partial charge is 0.248 e. The molecule has 1 rings (SSSR count). The molecule has 0 aliphatic heterocycles. The number of rotatable bonds is 3. The van der Waals surface area contributed by atoms with Gasteiger partial charge in [0.15, 0.2) is 0 Å². The number of hydrogen-bond acceptors (Lipinski definition) is 1. The lowest BCUT2D eigenvalue weighted by Crippen LogP contribution is -2.10. The van der Waals surface area contributed by atoms with Gasteiger partial charge in [-0.05, 0) is 24.1 Å². The van der Waals surface area contributed by atoms with E-state index in [1.165, 1.54) is 0 Å². The average molecular weight is 175 g/mol. The Labute approximate surface area is 78.1 Å². The Hall–Kier alpha value is -1.57. The summed E-state index contributed by atoms with van der Waals surface area (Å²) in [6.07, 6.45) is 5.01. The molecule has 0 aliphatic rings. The summed E-state index contributed by atoms with van der Waals surface area (Å²) in [5, 5.41) is 0. The molecule has 0 aromatic heterocycles. The van der Waals surface area contributed by atoms with E-state index in [1.54, 1.807) is 12.1 Å². The van der Waals surface area contributed by atoms with Gasteiger partial charge in [-0.1, -0.05) is 31.2 Å². The molecule has 0 spiro atoms. The molecule has 2 heteroatoms. The second-order valence-corrected chi connectivity index (χ2v) is 2.80. The average Bonchev–Trinajstić information content (AvgIpc) is 2.15. The van der Waals surface area contributed by atoms with Crippen LogP contribution >= 0.6 is 0 Å². The molecule has 1 aromatic carbocycles. The third-order valence-corrected chi connectivity index (χ3v) is 1.72. The summed E-state index contributed by atoms with van der Waals surface area (Å²) in [4.78, 5) is 10.8. The van der Waals surface area contributed by atoms with Gasteiger partial charge in [-0.25, -0.2) is 0 Å². The molecule has 1 aromatic rings. The van der Waals surface area contributed by atoms with Crippen molar-refractivity contribution in [2.75, 3.05) is 0 Å². The fraction of sp³-hybridized carbons (Fsp3) is 0.182. The summed E-state index contributed by atoms with van der Waals surface area (Å²) in [5.41, 5.74) is 6.71. The van der Waals surface area contributed by atoms with Crippen LogP contribution in [0.3, 0.4) is 0 Å². The lowest BCUT2D eigenvalue weighted by molar-refractivity contribution is 0.100. The van der Waals surface area contributed by atoms with Crippen molar-refractivity contribution in [3.8, 4) is 0 Å². The summed E-state index contributed by atoms with van der Waals surface area (Å²) in [6.45, 7) is 2.06. The minimum Gasteiger partial charge on any atom is -0.366 e. The summed E-state index contributed by atoms with van der Waals surface area (Å²) >= 11 is 0. The van der Waals surface area contributed by atoms with Crippen LogP contribution in [0.4, 0.5) is 0 Å². The molecule has 0 unspecified atom stereocenters. The van der Waals surface area contributed by atoms with Gasteiger partial charge in [0.2, 0.25) is 5.91 Å². The van der Waals surface area contributed by atoms with Crippen LogP contribution in [0, 0.1) is 0 Å². The predicted octanol–water partition coefficient (Wildman–Crippen LogP) is 2.21. The Bertz CT molecular complexity index is 329. The van der Waals surface area contributed by atoms with E-state index in [1.807, 2.05) is 24.3 Å². The van der Waals surface area contributed by atoms with Gasteiger partial charge >= 0.3 is 0 Å². The Morgan fingerprint density at radius 3 is 2.92 bits per heavy atom. The molecule has 2 N–H and O–H groups in total. The van der Waals surface area contributed by atoms with Crippen molar-refractivity contribution in [3.05, 3.63) is 41.5 Å². The molecule has 0 atom stereocenters. The molecule has 0 saturated carbocycles. The van der Waals surface area contributed by atoms with Gasteiger partial charge < -0.3 is 5.73 Å². The highest BCUT2D eigenvalue weighted by Crippen LogP contribution is 2.06. The normalized spacial score (nSPS) is 10.5. The maximum atomic E-state index is 10.8. The number of hydrogen-bond donors (Lipinski definition) is 1. The molecule has 0 radical (unpaired) electrons. The van der Waals surface area contributed by atoms with Crippen molar-refractivity contribution in [1.82, 2.24) is 0 Å². The minimum atomic E-state index is -0.383. The molecule has 1 amide bonds. The molecule has 0 fully saturated rings. The fourth-order valence-corrected chi connectivity index (χ4v) is 1.05. The molecule has 13 heavy (non-hydrogen) atoms. The van der Waals surface area contributed by atoms with Gasteiger partial charge in [-0.2, -0.15) is 0 Å². The number of primary amides is 1. The Balaban J connectivity index is 2.92. The van der Waals surface area contributed by atoms with E-state index in [-0.39, 0.29) is 5.91 Å². The molecule has 0 heterocycles. The molecular weight excluding hydrogens is 162 g/mol. The standard InChI is InChI=1S/C11H13NO/c1-2-3-5-9-6-4-7-10(8-9)11(12)13/h3-8H,2H2,1H3,(H2,12,13)/b5-3+. The van der Waals surface area contributed by atoms with Gasteiger partial charge in [0.1, 0.15) is 0 Å². The van der Waals surface area contributed by atoms with Crippen LogP contribution in [0.5, 0.6) is 0 Å². The summed E-state index contributed by atoms with van der Waals surface area (Å²) in [6, 6.07) is 7.27. The number of allylic oxidation sites excluding steroid dienone is 1. The number of amides is 1. The summed E-state index contributed by atoms with van der Waals surface area (Å²) < 4.78 is 0. The van der Waals surface area contributed by atoms with Crippen LogP contribution in [0.2, 0.25) is 0 Å². The predicted molar refractivity (Wildman–Crippen MR) is 54.3 cm³/mol. The highest BCUT2D eigenvalue weighted by atomic mass is 16.1. The fourth-order valence-electron chi connectivity index (χ4n) is 1.05. The summed E-state index contributed by atoms with van der Waals surface area (Å²) in [7, 11) is 0. The minimum absolute atomic E-state index is 0.383. The van der Waals surface area contributed by atoms with Crippen molar-refractivity contribution in [3.63, 3.8) is 0 Å². The van der Waals surface area contributed by atoms with Gasteiger partial charge in [0, 0.05) is 5.56 Å². The molecule has 0 bridgehead atoms. The molecule has 68 valence electrons. The highest BCUT2D eigenvalue weighted by molar-refractivity contribution is 5.93. The van der Waals surface area contributed by atoms with Gasteiger partial charge in [-0.3, -0.25) is 4.79 Å². The first-order valence-electron chi connectivity index (χ1n) is 4.30. The first-order chi connectivity index (χ1) is 6.24. The lowest BCUT2D eigenvalue weighted by atomic mass is 10.1. The van der Waals surface area contributed by atoms with E-state index in [4.69, 9.17) is 5.73 Å². The van der Waals surface area contributed by atoms with Crippen molar-refractivity contribution < 1.29 is 4.79 Å². The van der Waals surface area contributed by atoms with Crippen molar-refractivity contribution in [2.24, 2.45) is 5.73 Å². The highest BCUT2D eigenvalue weighted by Gasteiger charge is 1.98. The van der Waals surface area contributed by atoms with Gasteiger partial charge in [0.05, 0.1) is 0 Å². The molecule has 2 nitrogen and oxygen atoms in total. The quantitative estimate of drug-likeness (QED) is 0.752. The zero-order chi connectivity index (χ0) is 9.68. The van der Waals surface area contributed by atoms with Gasteiger partial charge in [0.25, 0.3) is 0 Å². The second-order valence-electron chi connectivity index (χ2n) is 2.80. The van der Waals surface area contributed by atoms with Crippen LogP contribution in [0.25, 0.3) is 6.08 Å². The van der Waals surface area contributed by atoms with Gasteiger partial charge in [-0.15, -0.1) is 0 Å². The SMILES string of the molecule is CC/C=C/c1cccc(C(N)=O)c1. The lowest BCUT2D eigenvalue weighted by Gasteiger charge is -1.96. The Kier molecular flexibility index (Phi) is 3.26. The first-order valence-corrected chi connectivity index (χ1v) is 4.30. The van der Waals surface area contributed by atoms with E-state index < -0.39 is 0 Å². The Morgan fingerprint density at radius 2 is 2.31 bits per heavy atom. The monoisotopic (exact) mass is 175 g/mol. The van der Waals surface area contributed by atoms with Crippen LogP contribution < -0.4 is 5.73 Å². The van der Waals surface area contributed by atoms with Crippen molar-refractivity contribution in [1.29, 1.82) is 0 Å². The topological polar surface area (TPSA) is 43.1 Å². The zero-order valence-corrected chi connectivity index (χ0v) is 7.66. The van der Waals surface area contributed by atoms with Crippen molar-refractivity contribution >= 4 is 12.0 Å². The number of carbonyl (C=O) groups excluding carboxylic acids is 1. The first kappa shape index (κ1) is 9.52. The number of benzene rings is 1. The van der Waals surface area contributed by atoms with E-state index in [0.29, 0.717) is 5.56 Å². The van der Waals surface area contributed by atoms with E-state index in [2.05, 4.69) is 6.92 Å².